The van der Waals surface area contributed by atoms with Crippen LogP contribution in [0.2, 0.25) is 0 Å². The van der Waals surface area contributed by atoms with Gasteiger partial charge in [-0.15, -0.1) is 0 Å². The van der Waals surface area contributed by atoms with E-state index in [1.807, 2.05) is 24.3 Å². The Balaban J connectivity index is 1.85. The smallest absolute Gasteiger partial charge is 0.170 e. The maximum absolute atomic E-state index is 13.5. The molecule has 0 aromatic heterocycles. The molecule has 0 aliphatic heterocycles. The minimum atomic E-state index is -0.686. The van der Waals surface area contributed by atoms with Crippen molar-refractivity contribution in [3.05, 3.63) is 59.7 Å². The van der Waals surface area contributed by atoms with Crippen molar-refractivity contribution in [1.29, 1.82) is 0 Å². The second-order valence-electron chi connectivity index (χ2n) is 4.57. The lowest BCUT2D eigenvalue weighted by Gasteiger charge is -2.12. The molecule has 2 aromatic rings. The number of thiocarbonyl (C=S) groups is 1. The predicted octanol–water partition coefficient (Wildman–Crippen LogP) is 3.50. The minimum Gasteiger partial charge on any atom is -0.496 e. The molecule has 2 aromatic carbocycles. The SMILES string of the molecule is COc1ccccc1CCNC(=S)Nc1ccc(F)cc1F. The molecule has 0 saturated carbocycles. The predicted molar refractivity (Wildman–Crippen MR) is 87.3 cm³/mol. The van der Waals surface area contributed by atoms with Gasteiger partial charge in [-0.05, 0) is 42.4 Å². The number of hydrogen-bond donors (Lipinski definition) is 2. The molecule has 0 aliphatic carbocycles. The Hall–Kier alpha value is -2.21. The third-order valence-electron chi connectivity index (χ3n) is 3.05. The maximum Gasteiger partial charge on any atom is 0.170 e. The zero-order valence-corrected chi connectivity index (χ0v) is 12.8. The van der Waals surface area contributed by atoms with E-state index in [2.05, 4.69) is 10.6 Å². The van der Waals surface area contributed by atoms with Crippen molar-refractivity contribution < 1.29 is 13.5 Å². The van der Waals surface area contributed by atoms with Crippen LogP contribution in [0.1, 0.15) is 5.56 Å². The van der Waals surface area contributed by atoms with Gasteiger partial charge >= 0.3 is 0 Å². The van der Waals surface area contributed by atoms with E-state index in [1.165, 1.54) is 12.1 Å². The molecule has 0 aliphatic rings. The fourth-order valence-corrected chi connectivity index (χ4v) is 2.19. The fraction of sp³-hybridized carbons (Fsp3) is 0.188. The Kier molecular flexibility index (Phi) is 5.66. The van der Waals surface area contributed by atoms with Crippen molar-refractivity contribution in [2.45, 2.75) is 6.42 Å². The third kappa shape index (κ3) is 4.39. The summed E-state index contributed by atoms with van der Waals surface area (Å²) in [6.07, 6.45) is 0.706. The van der Waals surface area contributed by atoms with Gasteiger partial charge in [-0.25, -0.2) is 8.78 Å². The Labute approximate surface area is 133 Å². The number of methoxy groups -OCH3 is 1. The lowest BCUT2D eigenvalue weighted by atomic mass is 10.1. The van der Waals surface area contributed by atoms with Crippen LogP contribution in [0.3, 0.4) is 0 Å². The highest BCUT2D eigenvalue weighted by Gasteiger charge is 2.06. The number of para-hydroxylation sites is 1. The Morgan fingerprint density at radius 3 is 2.68 bits per heavy atom. The van der Waals surface area contributed by atoms with Gasteiger partial charge < -0.3 is 15.4 Å². The van der Waals surface area contributed by atoms with Crippen molar-refractivity contribution >= 4 is 23.0 Å². The zero-order valence-electron chi connectivity index (χ0n) is 12.0. The van der Waals surface area contributed by atoms with Crippen LogP contribution in [-0.2, 0) is 6.42 Å². The topological polar surface area (TPSA) is 33.3 Å². The molecule has 0 unspecified atom stereocenters. The Morgan fingerprint density at radius 1 is 1.18 bits per heavy atom. The monoisotopic (exact) mass is 322 g/mol. The first-order valence-electron chi connectivity index (χ1n) is 6.72. The van der Waals surface area contributed by atoms with Crippen molar-refractivity contribution in [2.24, 2.45) is 0 Å². The number of nitrogens with one attached hydrogen (secondary N) is 2. The molecule has 0 amide bonds. The molecule has 3 nitrogen and oxygen atoms in total. The van der Waals surface area contributed by atoms with Gasteiger partial charge in [0.15, 0.2) is 5.11 Å². The molecule has 6 heteroatoms. The third-order valence-corrected chi connectivity index (χ3v) is 3.30. The number of ether oxygens (including phenoxy) is 1. The largest absolute Gasteiger partial charge is 0.496 e. The van der Waals surface area contributed by atoms with Gasteiger partial charge in [-0.2, -0.15) is 0 Å². The number of halogens is 2. The van der Waals surface area contributed by atoms with Crippen LogP contribution in [0.15, 0.2) is 42.5 Å². The average Bonchev–Trinajstić information content (AvgIpc) is 2.50. The molecule has 22 heavy (non-hydrogen) atoms. The van der Waals surface area contributed by atoms with Gasteiger partial charge in [-0.3, -0.25) is 0 Å². The summed E-state index contributed by atoms with van der Waals surface area (Å²) in [7, 11) is 1.62. The molecular formula is C16H16F2N2OS. The number of benzene rings is 2. The molecule has 0 saturated heterocycles. The maximum atomic E-state index is 13.5. The summed E-state index contributed by atoms with van der Waals surface area (Å²) in [4.78, 5) is 0. The van der Waals surface area contributed by atoms with Crippen LogP contribution in [0, 0.1) is 11.6 Å². The summed E-state index contributed by atoms with van der Waals surface area (Å²) in [6, 6.07) is 11.0. The van der Waals surface area contributed by atoms with Crippen molar-refractivity contribution in [2.75, 3.05) is 19.0 Å². The first-order valence-corrected chi connectivity index (χ1v) is 7.13. The quantitative estimate of drug-likeness (QED) is 0.826. The average molecular weight is 322 g/mol. The standard InChI is InChI=1S/C16H16F2N2OS/c1-21-15-5-3-2-4-11(15)8-9-19-16(22)20-14-7-6-12(17)10-13(14)18/h2-7,10H,8-9H2,1H3,(H2,19,20,22). The van der Waals surface area contributed by atoms with E-state index in [-0.39, 0.29) is 10.8 Å². The first kappa shape index (κ1) is 16.2. The first-order chi connectivity index (χ1) is 10.6. The van der Waals surface area contributed by atoms with E-state index in [9.17, 15) is 8.78 Å². The van der Waals surface area contributed by atoms with Crippen molar-refractivity contribution in [3.8, 4) is 5.75 Å². The van der Waals surface area contributed by atoms with Crippen LogP contribution in [0.25, 0.3) is 0 Å². The van der Waals surface area contributed by atoms with Crippen molar-refractivity contribution in [3.63, 3.8) is 0 Å². The zero-order chi connectivity index (χ0) is 15.9. The molecule has 0 heterocycles. The molecule has 0 fully saturated rings. The van der Waals surface area contributed by atoms with E-state index in [1.54, 1.807) is 7.11 Å². The fourth-order valence-electron chi connectivity index (χ4n) is 1.98. The molecule has 0 bridgehead atoms. The minimum absolute atomic E-state index is 0.135. The van der Waals surface area contributed by atoms with Gasteiger partial charge in [0.1, 0.15) is 17.4 Å². The summed E-state index contributed by atoms with van der Waals surface area (Å²) in [5, 5.41) is 5.95. The second kappa shape index (κ2) is 7.70. The van der Waals surface area contributed by atoms with E-state index >= 15 is 0 Å². The van der Waals surface area contributed by atoms with E-state index < -0.39 is 11.6 Å². The highest BCUT2D eigenvalue weighted by molar-refractivity contribution is 7.80. The van der Waals surface area contributed by atoms with Crippen LogP contribution in [0.4, 0.5) is 14.5 Å². The molecule has 2 rings (SSSR count). The lowest BCUT2D eigenvalue weighted by Crippen LogP contribution is -2.30. The van der Waals surface area contributed by atoms with E-state index in [4.69, 9.17) is 17.0 Å². The molecule has 0 atom stereocenters. The lowest BCUT2D eigenvalue weighted by molar-refractivity contribution is 0.409. The molecule has 0 spiro atoms. The van der Waals surface area contributed by atoms with Crippen LogP contribution >= 0.6 is 12.2 Å². The molecule has 116 valence electrons. The molecule has 0 radical (unpaired) electrons. The van der Waals surface area contributed by atoms with Gasteiger partial charge in [0.2, 0.25) is 0 Å². The van der Waals surface area contributed by atoms with Crippen LogP contribution < -0.4 is 15.4 Å². The Bertz CT molecular complexity index is 664. The van der Waals surface area contributed by atoms with Crippen LogP contribution in [0.5, 0.6) is 5.75 Å². The summed E-state index contributed by atoms with van der Waals surface area (Å²) in [6.45, 7) is 0.565. The summed E-state index contributed by atoms with van der Waals surface area (Å²) < 4.78 is 31.6. The number of rotatable bonds is 5. The van der Waals surface area contributed by atoms with Crippen molar-refractivity contribution in [1.82, 2.24) is 5.32 Å². The highest BCUT2D eigenvalue weighted by Crippen LogP contribution is 2.17. The summed E-state index contributed by atoms with van der Waals surface area (Å²) in [5.41, 5.74) is 1.18. The van der Waals surface area contributed by atoms with Gasteiger partial charge in [0, 0.05) is 12.6 Å². The van der Waals surface area contributed by atoms with Gasteiger partial charge in [-0.1, -0.05) is 18.2 Å². The summed E-state index contributed by atoms with van der Waals surface area (Å²) >= 11 is 5.09. The Morgan fingerprint density at radius 2 is 1.95 bits per heavy atom. The number of hydrogen-bond acceptors (Lipinski definition) is 2. The van der Waals surface area contributed by atoms with Gasteiger partial charge in [0.25, 0.3) is 0 Å². The van der Waals surface area contributed by atoms with Crippen LogP contribution in [-0.4, -0.2) is 18.8 Å². The second-order valence-corrected chi connectivity index (χ2v) is 4.98. The van der Waals surface area contributed by atoms with Gasteiger partial charge in [0.05, 0.1) is 12.8 Å². The highest BCUT2D eigenvalue weighted by atomic mass is 32.1. The van der Waals surface area contributed by atoms with E-state index in [0.29, 0.717) is 13.0 Å². The van der Waals surface area contributed by atoms with E-state index in [0.717, 1.165) is 17.4 Å². The molecular weight excluding hydrogens is 306 g/mol. The number of anilines is 1. The normalized spacial score (nSPS) is 10.1. The summed E-state index contributed by atoms with van der Waals surface area (Å²) in [5.74, 6) is -0.500. The molecule has 2 N–H and O–H groups in total.